The minimum absolute atomic E-state index is 1.25. The fourth-order valence-electron chi connectivity index (χ4n) is 1.29. The third kappa shape index (κ3) is 2.51. The minimum atomic E-state index is 1.25. The van der Waals surface area contributed by atoms with Gasteiger partial charge in [0, 0.05) is 0 Å². The Morgan fingerprint density at radius 3 is 2.46 bits per heavy atom. The zero-order valence-electron chi connectivity index (χ0n) is 8.25. The van der Waals surface area contributed by atoms with Crippen LogP contribution < -0.4 is 0 Å². The summed E-state index contributed by atoms with van der Waals surface area (Å²) in [6, 6.07) is 0. The third-order valence-corrected chi connectivity index (χ3v) is 1.91. The van der Waals surface area contributed by atoms with E-state index in [1.165, 1.54) is 17.4 Å². The standard InChI is InChI=1S/C13H15/c1-4-8-13(11(2)3)12-9-6-5-7-10-12/h4-10H,1H2,2-3H3/q-3. The van der Waals surface area contributed by atoms with Gasteiger partial charge < -0.3 is 11.5 Å². The highest BCUT2D eigenvalue weighted by atomic mass is 14.2. The maximum Gasteiger partial charge on any atom is -0.122 e. The van der Waals surface area contributed by atoms with E-state index in [1.54, 1.807) is 0 Å². The van der Waals surface area contributed by atoms with Gasteiger partial charge in [-0.25, -0.2) is 0 Å². The molecule has 0 unspecified atom stereocenters. The van der Waals surface area contributed by atoms with E-state index in [1.807, 2.05) is 18.6 Å². The van der Waals surface area contributed by atoms with Gasteiger partial charge >= 0.3 is 0 Å². The molecular weight excluding hydrogens is 156 g/mol. The van der Waals surface area contributed by atoms with Crippen LogP contribution in [0.5, 0.6) is 0 Å². The van der Waals surface area contributed by atoms with Crippen molar-refractivity contribution in [3.63, 3.8) is 0 Å². The quantitative estimate of drug-likeness (QED) is 0.449. The molecule has 0 heterocycles. The molecule has 0 fully saturated rings. The van der Waals surface area contributed by atoms with Crippen molar-refractivity contribution in [3.8, 4) is 0 Å². The molecule has 0 aliphatic heterocycles. The molecular formula is C13H15-3. The highest BCUT2D eigenvalue weighted by Crippen LogP contribution is 2.27. The van der Waals surface area contributed by atoms with Crippen LogP contribution in [0, 0.1) is 18.3 Å². The molecule has 0 heteroatoms. The zero-order valence-corrected chi connectivity index (χ0v) is 8.25. The molecule has 13 heavy (non-hydrogen) atoms. The Morgan fingerprint density at radius 1 is 1.38 bits per heavy atom. The van der Waals surface area contributed by atoms with Crippen LogP contribution in [0.3, 0.4) is 0 Å². The maximum atomic E-state index is 3.72. The first-order chi connectivity index (χ1) is 6.25. The molecule has 0 atom stereocenters. The number of hydrogen-bond acceptors (Lipinski definition) is 0. The van der Waals surface area contributed by atoms with Crippen LogP contribution in [0.4, 0.5) is 0 Å². The number of rotatable bonds is 3. The Kier molecular flexibility index (Phi) is 3.39. The third-order valence-electron chi connectivity index (χ3n) is 1.91. The molecule has 0 spiro atoms. The molecule has 0 aromatic carbocycles. The van der Waals surface area contributed by atoms with Crippen molar-refractivity contribution in [2.24, 2.45) is 0 Å². The molecule has 1 aliphatic rings. The van der Waals surface area contributed by atoms with Gasteiger partial charge in [0.05, 0.1) is 0 Å². The van der Waals surface area contributed by atoms with Gasteiger partial charge in [0.2, 0.25) is 0 Å². The summed E-state index contributed by atoms with van der Waals surface area (Å²) >= 11 is 0. The second kappa shape index (κ2) is 4.56. The predicted octanol–water partition coefficient (Wildman–Crippen LogP) is 3.62. The SMILES string of the molecule is C=CC=C([C-](C)C)[C-]1C=C[CH-]C=C1. The summed E-state index contributed by atoms with van der Waals surface area (Å²) in [6.07, 6.45) is 14.2. The van der Waals surface area contributed by atoms with Gasteiger partial charge in [-0.1, -0.05) is 0 Å². The van der Waals surface area contributed by atoms with Crippen molar-refractivity contribution in [2.75, 3.05) is 0 Å². The Labute approximate surface area is 81.4 Å². The molecule has 0 nitrogen and oxygen atoms in total. The van der Waals surface area contributed by atoms with Crippen LogP contribution in [0.2, 0.25) is 0 Å². The van der Waals surface area contributed by atoms with Gasteiger partial charge in [0.1, 0.15) is 0 Å². The molecule has 0 N–H and O–H groups in total. The lowest BCUT2D eigenvalue weighted by Gasteiger charge is -2.45. The first kappa shape index (κ1) is 9.66. The van der Waals surface area contributed by atoms with Crippen LogP contribution in [0.1, 0.15) is 13.8 Å². The van der Waals surface area contributed by atoms with Gasteiger partial charge in [-0.15, -0.1) is 20.4 Å². The first-order valence-corrected chi connectivity index (χ1v) is 4.44. The van der Waals surface area contributed by atoms with E-state index < -0.39 is 0 Å². The largest absolute Gasteiger partial charge is 0.370 e. The van der Waals surface area contributed by atoms with Crippen molar-refractivity contribution in [1.29, 1.82) is 0 Å². The van der Waals surface area contributed by atoms with E-state index in [-0.39, 0.29) is 0 Å². The molecule has 1 aliphatic carbocycles. The Hall–Kier alpha value is -1.43. The van der Waals surface area contributed by atoms with Crippen molar-refractivity contribution in [3.05, 3.63) is 66.9 Å². The smallest absolute Gasteiger partial charge is 0.122 e. The summed E-state index contributed by atoms with van der Waals surface area (Å²) in [5.41, 5.74) is 1.26. The summed E-state index contributed by atoms with van der Waals surface area (Å²) in [5, 5.41) is 0. The fraction of sp³-hybridized carbons (Fsp3) is 0.154. The van der Waals surface area contributed by atoms with Gasteiger partial charge in [0.15, 0.2) is 0 Å². The lowest BCUT2D eigenvalue weighted by molar-refractivity contribution is 1.09. The van der Waals surface area contributed by atoms with Crippen LogP contribution in [0.25, 0.3) is 0 Å². The van der Waals surface area contributed by atoms with Gasteiger partial charge in [-0.3, -0.25) is 24.1 Å². The Bertz CT molecular complexity index is 239. The highest BCUT2D eigenvalue weighted by Gasteiger charge is 1.85. The molecule has 0 aromatic heterocycles. The Morgan fingerprint density at radius 2 is 2.00 bits per heavy atom. The first-order valence-electron chi connectivity index (χ1n) is 4.44. The van der Waals surface area contributed by atoms with Crippen LogP contribution >= 0.6 is 0 Å². The number of allylic oxidation sites excluding steroid dienone is 7. The summed E-state index contributed by atoms with van der Waals surface area (Å²) in [5.74, 6) is 2.56. The molecule has 0 saturated heterocycles. The second-order valence-corrected chi connectivity index (χ2v) is 3.18. The summed E-state index contributed by atoms with van der Waals surface area (Å²) < 4.78 is 0. The Balaban J connectivity index is 2.81. The molecule has 0 aromatic rings. The fourth-order valence-corrected chi connectivity index (χ4v) is 1.29. The van der Waals surface area contributed by atoms with E-state index in [9.17, 15) is 0 Å². The normalized spacial score (nSPS) is 15.5. The molecule has 0 bridgehead atoms. The van der Waals surface area contributed by atoms with Crippen LogP contribution in [-0.2, 0) is 0 Å². The zero-order chi connectivity index (χ0) is 9.68. The summed E-state index contributed by atoms with van der Waals surface area (Å²) in [4.78, 5) is 0. The lowest BCUT2D eigenvalue weighted by Crippen LogP contribution is -2.02. The average molecular weight is 171 g/mol. The molecule has 70 valence electrons. The molecule has 1 rings (SSSR count). The van der Waals surface area contributed by atoms with Crippen molar-refractivity contribution in [1.82, 2.24) is 0 Å². The highest BCUT2D eigenvalue weighted by molar-refractivity contribution is 5.52. The van der Waals surface area contributed by atoms with Gasteiger partial charge in [-0.05, 0) is 0 Å². The molecule has 0 amide bonds. The second-order valence-electron chi connectivity index (χ2n) is 3.18. The summed E-state index contributed by atoms with van der Waals surface area (Å²) in [6.45, 7) is 7.95. The van der Waals surface area contributed by atoms with E-state index in [0.29, 0.717) is 0 Å². The topological polar surface area (TPSA) is 0 Å². The molecule has 0 radical (unpaired) electrons. The van der Waals surface area contributed by atoms with Gasteiger partial charge in [-0.2, -0.15) is 24.6 Å². The molecule has 0 saturated carbocycles. The van der Waals surface area contributed by atoms with E-state index in [4.69, 9.17) is 0 Å². The van der Waals surface area contributed by atoms with Gasteiger partial charge in [0.25, 0.3) is 0 Å². The number of hydrogen-bond donors (Lipinski definition) is 0. The lowest BCUT2D eigenvalue weighted by atomic mass is 9.87. The van der Waals surface area contributed by atoms with Crippen LogP contribution in [0.15, 0.2) is 48.6 Å². The summed E-state index contributed by atoms with van der Waals surface area (Å²) in [7, 11) is 0. The minimum Gasteiger partial charge on any atom is -0.370 e. The average Bonchev–Trinajstić information content (AvgIpc) is 2.15. The van der Waals surface area contributed by atoms with E-state index >= 15 is 0 Å². The van der Waals surface area contributed by atoms with Crippen molar-refractivity contribution in [2.45, 2.75) is 13.8 Å². The monoisotopic (exact) mass is 171 g/mol. The van der Waals surface area contributed by atoms with E-state index in [0.717, 1.165) is 0 Å². The van der Waals surface area contributed by atoms with Crippen molar-refractivity contribution < 1.29 is 0 Å². The van der Waals surface area contributed by atoms with E-state index in [2.05, 4.69) is 44.7 Å². The van der Waals surface area contributed by atoms with Crippen molar-refractivity contribution >= 4 is 0 Å². The van der Waals surface area contributed by atoms with Crippen LogP contribution in [-0.4, -0.2) is 0 Å². The maximum absolute atomic E-state index is 3.72. The predicted molar refractivity (Wildman–Crippen MR) is 58.7 cm³/mol.